The minimum Gasteiger partial charge on any atom is -0.497 e. The lowest BCUT2D eigenvalue weighted by atomic mass is 10.1. The number of ether oxygens (including phenoxy) is 1. The molecular weight excluding hydrogens is 380 g/mol. The summed E-state index contributed by atoms with van der Waals surface area (Å²) in [4.78, 5) is 29.0. The minimum atomic E-state index is -0.165. The summed E-state index contributed by atoms with van der Waals surface area (Å²) in [5.41, 5.74) is 2.29. The molecule has 0 radical (unpaired) electrons. The summed E-state index contributed by atoms with van der Waals surface area (Å²) in [6.07, 6.45) is 3.41. The summed E-state index contributed by atoms with van der Waals surface area (Å²) in [5, 5.41) is 3.96. The lowest BCUT2D eigenvalue weighted by molar-refractivity contribution is -0.121. The van der Waals surface area contributed by atoms with Crippen LogP contribution in [0.3, 0.4) is 0 Å². The molecule has 1 amide bonds. The quantitative estimate of drug-likeness (QED) is 0.516. The fraction of sp³-hybridized carbons (Fsp3) is 0.174. The van der Waals surface area contributed by atoms with Crippen LogP contribution in [0.5, 0.6) is 5.75 Å². The minimum absolute atomic E-state index is 0.104. The Morgan fingerprint density at radius 1 is 1.07 bits per heavy atom. The van der Waals surface area contributed by atoms with Crippen LogP contribution in [0.15, 0.2) is 78.0 Å². The van der Waals surface area contributed by atoms with Gasteiger partial charge in [0, 0.05) is 36.4 Å². The van der Waals surface area contributed by atoms with Crippen LogP contribution in [0.2, 0.25) is 0 Å². The molecule has 7 nitrogen and oxygen atoms in total. The van der Waals surface area contributed by atoms with Crippen LogP contribution in [-0.4, -0.2) is 33.7 Å². The number of hydrogen-bond donors (Lipinski definition) is 1. The Labute approximate surface area is 173 Å². The van der Waals surface area contributed by atoms with Crippen molar-refractivity contribution in [2.24, 2.45) is 0 Å². The Hall–Kier alpha value is -3.87. The molecule has 30 heavy (non-hydrogen) atoms. The SMILES string of the molecule is COc1ccc(-c2cc(=O)n(CCNC(=O)Cn3ccc4ccccc43)cn2)cc1. The number of benzene rings is 2. The van der Waals surface area contributed by atoms with Gasteiger partial charge in [0.1, 0.15) is 12.3 Å². The van der Waals surface area contributed by atoms with Crippen molar-refractivity contribution in [2.45, 2.75) is 13.1 Å². The van der Waals surface area contributed by atoms with Crippen molar-refractivity contribution in [3.63, 3.8) is 0 Å². The molecule has 4 aromatic rings. The molecule has 2 aromatic heterocycles. The number of hydrogen-bond acceptors (Lipinski definition) is 4. The Morgan fingerprint density at radius 2 is 1.87 bits per heavy atom. The second-order valence-corrected chi connectivity index (χ2v) is 6.89. The molecule has 0 bridgehead atoms. The van der Waals surface area contributed by atoms with E-state index in [1.54, 1.807) is 7.11 Å². The van der Waals surface area contributed by atoms with Crippen LogP contribution in [-0.2, 0) is 17.9 Å². The zero-order chi connectivity index (χ0) is 20.9. The Balaban J connectivity index is 1.34. The molecule has 152 valence electrons. The molecule has 0 saturated heterocycles. The van der Waals surface area contributed by atoms with Crippen molar-refractivity contribution in [1.82, 2.24) is 19.4 Å². The van der Waals surface area contributed by atoms with E-state index in [4.69, 9.17) is 4.74 Å². The number of aromatic nitrogens is 3. The van der Waals surface area contributed by atoms with Gasteiger partial charge in [-0.25, -0.2) is 4.98 Å². The van der Waals surface area contributed by atoms with Gasteiger partial charge >= 0.3 is 0 Å². The molecule has 1 N–H and O–H groups in total. The van der Waals surface area contributed by atoms with Crippen molar-refractivity contribution in [1.29, 1.82) is 0 Å². The molecule has 0 atom stereocenters. The molecule has 0 spiro atoms. The zero-order valence-electron chi connectivity index (χ0n) is 16.6. The van der Waals surface area contributed by atoms with E-state index in [9.17, 15) is 9.59 Å². The third-order valence-corrected chi connectivity index (χ3v) is 4.93. The highest BCUT2D eigenvalue weighted by atomic mass is 16.5. The van der Waals surface area contributed by atoms with Crippen LogP contribution in [0.1, 0.15) is 0 Å². The summed E-state index contributed by atoms with van der Waals surface area (Å²) in [5.74, 6) is 0.642. The highest BCUT2D eigenvalue weighted by molar-refractivity contribution is 5.83. The molecule has 0 unspecified atom stereocenters. The van der Waals surface area contributed by atoms with Crippen molar-refractivity contribution in [2.75, 3.05) is 13.7 Å². The number of nitrogens with one attached hydrogen (secondary N) is 1. The summed E-state index contributed by atoms with van der Waals surface area (Å²) in [7, 11) is 1.61. The Bertz CT molecular complexity index is 1230. The fourth-order valence-electron chi connectivity index (χ4n) is 3.32. The molecule has 0 fully saturated rings. The van der Waals surface area contributed by atoms with Crippen molar-refractivity contribution in [3.8, 4) is 17.0 Å². The van der Waals surface area contributed by atoms with Crippen LogP contribution >= 0.6 is 0 Å². The number of rotatable bonds is 7. The first-order valence-electron chi connectivity index (χ1n) is 9.65. The summed E-state index contributed by atoms with van der Waals surface area (Å²) < 4.78 is 8.53. The van der Waals surface area contributed by atoms with Crippen molar-refractivity contribution < 1.29 is 9.53 Å². The maximum Gasteiger partial charge on any atom is 0.253 e. The summed E-state index contributed by atoms with van der Waals surface area (Å²) in [6, 6.07) is 18.8. The van der Waals surface area contributed by atoms with Gasteiger partial charge in [-0.15, -0.1) is 0 Å². The van der Waals surface area contributed by atoms with Crippen LogP contribution in [0, 0.1) is 0 Å². The van der Waals surface area contributed by atoms with Gasteiger partial charge in [0.15, 0.2) is 0 Å². The normalized spacial score (nSPS) is 10.8. The van der Waals surface area contributed by atoms with Crippen LogP contribution in [0.4, 0.5) is 0 Å². The van der Waals surface area contributed by atoms with Gasteiger partial charge in [-0.05, 0) is 41.8 Å². The predicted molar refractivity (Wildman–Crippen MR) is 115 cm³/mol. The summed E-state index contributed by atoms with van der Waals surface area (Å²) in [6.45, 7) is 0.936. The Morgan fingerprint density at radius 3 is 2.63 bits per heavy atom. The zero-order valence-corrected chi connectivity index (χ0v) is 16.6. The van der Waals surface area contributed by atoms with Crippen molar-refractivity contribution >= 4 is 16.8 Å². The first kappa shape index (κ1) is 19.4. The Kier molecular flexibility index (Phi) is 5.61. The average molecular weight is 402 g/mol. The van der Waals surface area contributed by atoms with Gasteiger partial charge in [0.05, 0.1) is 19.1 Å². The van der Waals surface area contributed by atoms with Gasteiger partial charge in [0.25, 0.3) is 5.56 Å². The lowest BCUT2D eigenvalue weighted by Gasteiger charge is -2.09. The number of carbonyl (C=O) groups is 1. The number of carbonyl (C=O) groups excluding carboxylic acids is 1. The van der Waals surface area contributed by atoms with Crippen LogP contribution in [0.25, 0.3) is 22.2 Å². The molecule has 2 heterocycles. The van der Waals surface area contributed by atoms with E-state index in [2.05, 4.69) is 10.3 Å². The van der Waals surface area contributed by atoms with E-state index in [0.717, 1.165) is 22.2 Å². The molecule has 0 saturated carbocycles. The van der Waals surface area contributed by atoms with E-state index in [1.807, 2.05) is 65.4 Å². The van der Waals surface area contributed by atoms with Gasteiger partial charge in [-0.3, -0.25) is 14.2 Å². The third kappa shape index (κ3) is 4.25. The van der Waals surface area contributed by atoms with E-state index in [0.29, 0.717) is 18.8 Å². The second kappa shape index (κ2) is 8.65. The van der Waals surface area contributed by atoms with Gasteiger partial charge in [-0.2, -0.15) is 0 Å². The fourth-order valence-corrected chi connectivity index (χ4v) is 3.32. The van der Waals surface area contributed by atoms with E-state index in [-0.39, 0.29) is 18.0 Å². The predicted octanol–water partition coefficient (Wildman–Crippen LogP) is 2.69. The molecule has 0 aliphatic carbocycles. The molecule has 7 heteroatoms. The highest BCUT2D eigenvalue weighted by Crippen LogP contribution is 2.19. The smallest absolute Gasteiger partial charge is 0.253 e. The topological polar surface area (TPSA) is 78.1 Å². The molecule has 4 rings (SSSR count). The molecular formula is C23H22N4O3. The van der Waals surface area contributed by atoms with Gasteiger partial charge in [-0.1, -0.05) is 18.2 Å². The van der Waals surface area contributed by atoms with E-state index < -0.39 is 0 Å². The first-order valence-corrected chi connectivity index (χ1v) is 9.65. The standard InChI is InChI=1S/C23H22N4O3/c1-30-19-8-6-17(7-9-19)20-14-23(29)27(16-25-20)13-11-24-22(28)15-26-12-10-18-4-2-3-5-21(18)26/h2-10,12,14,16H,11,13,15H2,1H3,(H,24,28). The maximum absolute atomic E-state index is 12.4. The highest BCUT2D eigenvalue weighted by Gasteiger charge is 2.07. The van der Waals surface area contributed by atoms with Crippen LogP contribution < -0.4 is 15.6 Å². The van der Waals surface area contributed by atoms with Gasteiger partial charge in [0.2, 0.25) is 5.91 Å². The maximum atomic E-state index is 12.4. The number of amides is 1. The third-order valence-electron chi connectivity index (χ3n) is 4.93. The van der Waals surface area contributed by atoms with Gasteiger partial charge < -0.3 is 14.6 Å². The number of nitrogens with zero attached hydrogens (tertiary/aromatic N) is 3. The lowest BCUT2D eigenvalue weighted by Crippen LogP contribution is -2.32. The average Bonchev–Trinajstić information content (AvgIpc) is 3.18. The summed E-state index contributed by atoms with van der Waals surface area (Å²) >= 11 is 0. The number of para-hydroxylation sites is 1. The van der Waals surface area contributed by atoms with Crippen molar-refractivity contribution in [3.05, 3.63) is 83.5 Å². The molecule has 2 aromatic carbocycles. The number of fused-ring (bicyclic) bond motifs is 1. The largest absolute Gasteiger partial charge is 0.497 e. The van der Waals surface area contributed by atoms with E-state index >= 15 is 0 Å². The monoisotopic (exact) mass is 402 g/mol. The van der Waals surface area contributed by atoms with E-state index in [1.165, 1.54) is 17.0 Å². The molecule has 0 aliphatic heterocycles. The first-order chi connectivity index (χ1) is 14.6. The second-order valence-electron chi connectivity index (χ2n) is 6.89. The molecule has 0 aliphatic rings. The number of methoxy groups -OCH3 is 1.